The van der Waals surface area contributed by atoms with Gasteiger partial charge in [0.25, 0.3) is 5.56 Å². The highest BCUT2D eigenvalue weighted by atomic mass is 32.2. The van der Waals surface area contributed by atoms with Crippen molar-refractivity contribution < 1.29 is 9.53 Å². The zero-order valence-corrected chi connectivity index (χ0v) is 18.9. The fourth-order valence-electron chi connectivity index (χ4n) is 3.26. The van der Waals surface area contributed by atoms with Crippen LogP contribution in [0.2, 0.25) is 0 Å². The Morgan fingerprint density at radius 1 is 1.16 bits per heavy atom. The summed E-state index contributed by atoms with van der Waals surface area (Å²) in [7, 11) is 0. The Hall–Kier alpha value is -3.06. The van der Waals surface area contributed by atoms with Crippen molar-refractivity contribution >= 4 is 28.6 Å². The highest BCUT2D eigenvalue weighted by molar-refractivity contribution is 7.99. The third-order valence-corrected chi connectivity index (χ3v) is 5.59. The van der Waals surface area contributed by atoms with Gasteiger partial charge in [-0.3, -0.25) is 14.2 Å². The third-order valence-electron chi connectivity index (χ3n) is 4.67. The molecular formula is C24H27N3O3S. The lowest BCUT2D eigenvalue weighted by Crippen LogP contribution is -2.33. The minimum absolute atomic E-state index is 0.0254. The highest BCUT2D eigenvalue weighted by Gasteiger charge is 2.19. The number of ether oxygens (including phenoxy) is 1. The van der Waals surface area contributed by atoms with Gasteiger partial charge in [-0.2, -0.15) is 0 Å². The monoisotopic (exact) mass is 437 g/mol. The van der Waals surface area contributed by atoms with E-state index in [0.717, 1.165) is 5.57 Å². The van der Waals surface area contributed by atoms with E-state index in [-0.39, 0.29) is 17.2 Å². The van der Waals surface area contributed by atoms with E-state index in [1.807, 2.05) is 57.2 Å². The number of nitrogens with zero attached hydrogens (tertiary/aromatic N) is 3. The van der Waals surface area contributed by atoms with Crippen LogP contribution in [-0.2, 0) is 4.79 Å². The van der Waals surface area contributed by atoms with Crippen LogP contribution in [0.5, 0.6) is 5.75 Å². The number of likely N-dealkylation sites (N-methyl/N-ethyl adjacent to an activating group) is 1. The minimum Gasteiger partial charge on any atom is -0.492 e. The Morgan fingerprint density at radius 2 is 1.87 bits per heavy atom. The Kier molecular flexibility index (Phi) is 7.52. The molecule has 0 aliphatic carbocycles. The summed E-state index contributed by atoms with van der Waals surface area (Å²) in [5.74, 6) is 0.736. The molecule has 1 amide bonds. The first-order chi connectivity index (χ1) is 15.0. The van der Waals surface area contributed by atoms with Crippen LogP contribution in [0.3, 0.4) is 0 Å². The van der Waals surface area contributed by atoms with Crippen molar-refractivity contribution in [2.75, 3.05) is 25.4 Å². The van der Waals surface area contributed by atoms with E-state index in [4.69, 9.17) is 9.72 Å². The molecule has 3 aromatic rings. The summed E-state index contributed by atoms with van der Waals surface area (Å²) in [4.78, 5) is 32.7. The number of benzene rings is 2. The molecule has 0 fully saturated rings. The average molecular weight is 438 g/mol. The van der Waals surface area contributed by atoms with Gasteiger partial charge in [-0.1, -0.05) is 48.2 Å². The second-order valence-corrected chi connectivity index (χ2v) is 8.05. The van der Waals surface area contributed by atoms with E-state index in [9.17, 15) is 9.59 Å². The summed E-state index contributed by atoms with van der Waals surface area (Å²) in [6, 6.07) is 14.6. The summed E-state index contributed by atoms with van der Waals surface area (Å²) < 4.78 is 7.30. The van der Waals surface area contributed by atoms with Crippen molar-refractivity contribution in [3.8, 4) is 11.4 Å². The summed E-state index contributed by atoms with van der Waals surface area (Å²) in [5.41, 5.74) is 1.94. The smallest absolute Gasteiger partial charge is 0.266 e. The van der Waals surface area contributed by atoms with E-state index in [1.165, 1.54) is 11.8 Å². The normalized spacial score (nSPS) is 10.8. The Bertz CT molecular complexity index is 1160. The Balaban J connectivity index is 2.07. The van der Waals surface area contributed by atoms with E-state index < -0.39 is 0 Å². The molecule has 2 aromatic carbocycles. The zero-order valence-electron chi connectivity index (χ0n) is 18.1. The van der Waals surface area contributed by atoms with Crippen LogP contribution < -0.4 is 10.3 Å². The van der Waals surface area contributed by atoms with Gasteiger partial charge < -0.3 is 9.64 Å². The maximum atomic E-state index is 13.4. The van der Waals surface area contributed by atoms with Crippen LogP contribution in [-0.4, -0.2) is 45.8 Å². The molecule has 0 saturated heterocycles. The van der Waals surface area contributed by atoms with Gasteiger partial charge in [-0.05, 0) is 45.0 Å². The molecule has 3 rings (SSSR count). The quantitative estimate of drug-likeness (QED) is 0.284. The third kappa shape index (κ3) is 5.17. The van der Waals surface area contributed by atoms with Crippen molar-refractivity contribution in [1.29, 1.82) is 0 Å². The predicted molar refractivity (Wildman–Crippen MR) is 126 cm³/mol. The lowest BCUT2D eigenvalue weighted by molar-refractivity contribution is -0.127. The van der Waals surface area contributed by atoms with Crippen LogP contribution in [0, 0.1) is 0 Å². The molecule has 0 unspecified atom stereocenters. The number of hydrogen-bond acceptors (Lipinski definition) is 5. The lowest BCUT2D eigenvalue weighted by Gasteiger charge is -2.21. The van der Waals surface area contributed by atoms with Gasteiger partial charge in [0.05, 0.1) is 29.0 Å². The van der Waals surface area contributed by atoms with Crippen LogP contribution in [0.15, 0.2) is 70.6 Å². The Morgan fingerprint density at radius 3 is 2.58 bits per heavy atom. The van der Waals surface area contributed by atoms with E-state index in [2.05, 4.69) is 6.58 Å². The average Bonchev–Trinajstić information content (AvgIpc) is 2.76. The molecule has 0 radical (unpaired) electrons. The number of hydrogen-bond donors (Lipinski definition) is 0. The van der Waals surface area contributed by atoms with Gasteiger partial charge in [0.15, 0.2) is 5.16 Å². The van der Waals surface area contributed by atoms with E-state index >= 15 is 0 Å². The largest absolute Gasteiger partial charge is 0.492 e. The van der Waals surface area contributed by atoms with Gasteiger partial charge in [-0.15, -0.1) is 0 Å². The van der Waals surface area contributed by atoms with Gasteiger partial charge in [0.1, 0.15) is 5.75 Å². The summed E-state index contributed by atoms with van der Waals surface area (Å²) >= 11 is 1.25. The number of rotatable bonds is 9. The molecule has 0 N–H and O–H groups in total. The number of thioether (sulfide) groups is 1. The standard InChI is InChI=1S/C24H27N3O3S/c1-5-26(15-17(3)4)22(28)16-31-24-25-19-12-8-7-11-18(19)23(29)27(24)20-13-9-10-14-21(20)30-6-2/h7-14H,3,5-6,15-16H2,1-2,4H3. The van der Waals surface area contributed by atoms with Crippen LogP contribution in [0.1, 0.15) is 20.8 Å². The van der Waals surface area contributed by atoms with Crippen molar-refractivity contribution in [2.24, 2.45) is 0 Å². The maximum Gasteiger partial charge on any atom is 0.266 e. The minimum atomic E-state index is -0.193. The van der Waals surface area contributed by atoms with Gasteiger partial charge >= 0.3 is 0 Å². The van der Waals surface area contributed by atoms with Crippen molar-refractivity contribution in [1.82, 2.24) is 14.5 Å². The van der Waals surface area contributed by atoms with Crippen LogP contribution in [0.4, 0.5) is 0 Å². The van der Waals surface area contributed by atoms with Crippen LogP contribution in [0.25, 0.3) is 16.6 Å². The van der Waals surface area contributed by atoms with Crippen molar-refractivity contribution in [3.05, 3.63) is 71.0 Å². The maximum absolute atomic E-state index is 13.4. The van der Waals surface area contributed by atoms with Gasteiger partial charge in [0.2, 0.25) is 5.91 Å². The molecule has 0 saturated carbocycles. The molecule has 162 valence electrons. The molecular weight excluding hydrogens is 410 g/mol. The van der Waals surface area contributed by atoms with Gasteiger partial charge in [0, 0.05) is 13.1 Å². The number of amides is 1. The number of carbonyl (C=O) groups excluding carboxylic acids is 1. The van der Waals surface area contributed by atoms with Gasteiger partial charge in [-0.25, -0.2) is 4.98 Å². The molecule has 1 aromatic heterocycles. The number of aromatic nitrogens is 2. The summed E-state index contributed by atoms with van der Waals surface area (Å²) in [6.45, 7) is 11.2. The molecule has 0 spiro atoms. The van der Waals surface area contributed by atoms with Crippen molar-refractivity contribution in [2.45, 2.75) is 25.9 Å². The fraction of sp³-hybridized carbons (Fsp3) is 0.292. The second-order valence-electron chi connectivity index (χ2n) is 7.11. The lowest BCUT2D eigenvalue weighted by atomic mass is 10.2. The van der Waals surface area contributed by atoms with Crippen molar-refractivity contribution in [3.63, 3.8) is 0 Å². The first-order valence-electron chi connectivity index (χ1n) is 10.2. The Labute approximate surface area is 186 Å². The first-order valence-corrected chi connectivity index (χ1v) is 11.2. The number of carbonyl (C=O) groups is 1. The fourth-order valence-corrected chi connectivity index (χ4v) is 4.17. The molecule has 0 aliphatic rings. The SMILES string of the molecule is C=C(C)CN(CC)C(=O)CSc1nc2ccccc2c(=O)n1-c1ccccc1OCC. The topological polar surface area (TPSA) is 64.4 Å². The molecule has 6 nitrogen and oxygen atoms in total. The number of fused-ring (bicyclic) bond motifs is 1. The molecule has 0 atom stereocenters. The second kappa shape index (κ2) is 10.3. The predicted octanol–water partition coefficient (Wildman–Crippen LogP) is 4.30. The summed E-state index contributed by atoms with van der Waals surface area (Å²) in [6.07, 6.45) is 0. The van der Waals surface area contributed by atoms with Crippen LogP contribution >= 0.6 is 11.8 Å². The molecule has 1 heterocycles. The molecule has 31 heavy (non-hydrogen) atoms. The summed E-state index contributed by atoms with van der Waals surface area (Å²) in [5, 5.41) is 0.970. The molecule has 7 heteroatoms. The van der Waals surface area contributed by atoms with E-state index in [0.29, 0.717) is 47.2 Å². The highest BCUT2D eigenvalue weighted by Crippen LogP contribution is 2.27. The molecule has 0 bridgehead atoms. The molecule has 0 aliphatic heterocycles. The first kappa shape index (κ1) is 22.6. The zero-order chi connectivity index (χ0) is 22.4. The van der Waals surface area contributed by atoms with E-state index in [1.54, 1.807) is 21.6 Å². The number of para-hydroxylation sites is 3.